The number of carbonyl (C=O) groups is 1. The van der Waals surface area contributed by atoms with E-state index >= 15 is 0 Å². The zero-order valence-corrected chi connectivity index (χ0v) is 13.9. The van der Waals surface area contributed by atoms with Crippen LogP contribution < -0.4 is 10.9 Å². The van der Waals surface area contributed by atoms with Crippen molar-refractivity contribution in [3.8, 4) is 0 Å². The summed E-state index contributed by atoms with van der Waals surface area (Å²) in [6, 6.07) is -0.583. The van der Waals surface area contributed by atoms with Gasteiger partial charge in [-0.1, -0.05) is 13.8 Å². The van der Waals surface area contributed by atoms with Crippen molar-refractivity contribution in [3.05, 3.63) is 16.7 Å². The van der Waals surface area contributed by atoms with Crippen molar-refractivity contribution < 1.29 is 20.1 Å². The molecule has 1 amide bonds. The lowest BCUT2D eigenvalue weighted by Crippen LogP contribution is -2.30. The maximum absolute atomic E-state index is 12.2. The van der Waals surface area contributed by atoms with Gasteiger partial charge in [-0.2, -0.15) is 4.98 Å². The summed E-state index contributed by atoms with van der Waals surface area (Å²) >= 11 is 0. The van der Waals surface area contributed by atoms with E-state index in [0.717, 1.165) is 0 Å². The highest BCUT2D eigenvalue weighted by Gasteiger charge is 2.42. The average molecular weight is 351 g/mol. The Labute approximate surface area is 142 Å². The number of rotatable bonds is 4. The van der Waals surface area contributed by atoms with Crippen molar-refractivity contribution in [2.45, 2.75) is 38.5 Å². The molecule has 136 valence electrons. The van der Waals surface area contributed by atoms with Crippen LogP contribution in [-0.2, 0) is 4.79 Å². The van der Waals surface area contributed by atoms with E-state index < -0.39 is 29.7 Å². The van der Waals surface area contributed by atoms with Gasteiger partial charge in [-0.3, -0.25) is 19.9 Å². The van der Waals surface area contributed by atoms with E-state index in [1.807, 2.05) is 0 Å². The van der Waals surface area contributed by atoms with Crippen LogP contribution in [0.2, 0.25) is 0 Å². The highest BCUT2D eigenvalue weighted by atomic mass is 16.3. The minimum Gasteiger partial charge on any atom is -0.396 e. The van der Waals surface area contributed by atoms with Gasteiger partial charge in [-0.25, -0.2) is 4.98 Å². The normalized spacial score (nSPS) is 26.5. The predicted octanol–water partition coefficient (Wildman–Crippen LogP) is -1.01. The van der Waals surface area contributed by atoms with Gasteiger partial charge in [-0.15, -0.1) is 0 Å². The second kappa shape index (κ2) is 6.54. The van der Waals surface area contributed by atoms with Gasteiger partial charge in [0.2, 0.25) is 11.9 Å². The Morgan fingerprint density at radius 2 is 2.16 bits per heavy atom. The SMILES string of the molecule is CC(C)C(=O)Nc1nc2c(ncn2[C@@H]2C[C@H](CO)[C@@H](O)[C@H]2O)c(=O)[nH]1. The Morgan fingerprint density at radius 1 is 1.44 bits per heavy atom. The van der Waals surface area contributed by atoms with Crippen LogP contribution in [0.4, 0.5) is 5.95 Å². The molecule has 0 unspecified atom stereocenters. The number of aliphatic hydroxyl groups excluding tert-OH is 3. The van der Waals surface area contributed by atoms with Gasteiger partial charge in [0, 0.05) is 18.4 Å². The van der Waals surface area contributed by atoms with Gasteiger partial charge in [0.05, 0.1) is 18.5 Å². The van der Waals surface area contributed by atoms with Crippen molar-refractivity contribution in [1.82, 2.24) is 19.5 Å². The Bertz CT molecular complexity index is 844. The summed E-state index contributed by atoms with van der Waals surface area (Å²) < 4.78 is 1.50. The molecule has 1 aliphatic carbocycles. The number of hydrogen-bond donors (Lipinski definition) is 5. The average Bonchev–Trinajstić information content (AvgIpc) is 3.10. The molecule has 1 saturated carbocycles. The fourth-order valence-corrected chi connectivity index (χ4v) is 3.05. The lowest BCUT2D eigenvalue weighted by Gasteiger charge is -2.18. The molecule has 25 heavy (non-hydrogen) atoms. The lowest BCUT2D eigenvalue weighted by molar-refractivity contribution is -0.118. The lowest BCUT2D eigenvalue weighted by atomic mass is 10.1. The quantitative estimate of drug-likeness (QED) is 0.473. The molecule has 10 heteroatoms. The number of nitrogens with one attached hydrogen (secondary N) is 2. The first kappa shape index (κ1) is 17.5. The molecule has 1 fully saturated rings. The summed E-state index contributed by atoms with van der Waals surface area (Å²) in [6.07, 6.45) is -0.521. The zero-order valence-electron chi connectivity index (χ0n) is 13.9. The molecule has 3 rings (SSSR count). The molecule has 5 N–H and O–H groups in total. The summed E-state index contributed by atoms with van der Waals surface area (Å²) in [6.45, 7) is 3.16. The summed E-state index contributed by atoms with van der Waals surface area (Å²) in [5, 5.41) is 32.1. The van der Waals surface area contributed by atoms with E-state index in [9.17, 15) is 24.9 Å². The third-order valence-electron chi connectivity index (χ3n) is 4.56. The number of anilines is 1. The second-order valence-electron chi connectivity index (χ2n) is 6.61. The topological polar surface area (TPSA) is 153 Å². The number of nitrogens with zero attached hydrogens (tertiary/aromatic N) is 3. The smallest absolute Gasteiger partial charge is 0.280 e. The molecule has 4 atom stereocenters. The highest BCUT2D eigenvalue weighted by Crippen LogP contribution is 2.36. The molecular formula is C15H21N5O5. The summed E-state index contributed by atoms with van der Waals surface area (Å²) in [5.74, 6) is -1.07. The van der Waals surface area contributed by atoms with Gasteiger partial charge in [0.15, 0.2) is 11.2 Å². The number of amides is 1. The Kier molecular flexibility index (Phi) is 4.58. The van der Waals surface area contributed by atoms with Crippen molar-refractivity contribution in [3.63, 3.8) is 0 Å². The van der Waals surface area contributed by atoms with Crippen LogP contribution >= 0.6 is 0 Å². The van der Waals surface area contributed by atoms with Gasteiger partial charge in [-0.05, 0) is 6.42 Å². The van der Waals surface area contributed by atoms with Gasteiger partial charge < -0.3 is 19.9 Å². The fraction of sp³-hybridized carbons (Fsp3) is 0.600. The standard InChI is InChI=1S/C15H21N5O5/c1-6(2)13(24)18-15-17-12-9(14(25)19-15)16-5-20(12)8-3-7(4-21)10(22)11(8)23/h5-8,10-11,21-23H,3-4H2,1-2H3,(H2,17,18,19,24,25)/t7-,8-,10-,11+/m1/s1. The fourth-order valence-electron chi connectivity index (χ4n) is 3.05. The molecule has 2 heterocycles. The largest absolute Gasteiger partial charge is 0.396 e. The van der Waals surface area contributed by atoms with E-state index in [1.54, 1.807) is 13.8 Å². The number of aromatic amines is 1. The van der Waals surface area contributed by atoms with E-state index in [4.69, 9.17) is 0 Å². The zero-order chi connectivity index (χ0) is 18.3. The number of aromatic nitrogens is 4. The maximum Gasteiger partial charge on any atom is 0.280 e. The molecular weight excluding hydrogens is 330 g/mol. The predicted molar refractivity (Wildman–Crippen MR) is 87.9 cm³/mol. The monoisotopic (exact) mass is 351 g/mol. The Morgan fingerprint density at radius 3 is 2.76 bits per heavy atom. The van der Waals surface area contributed by atoms with Gasteiger partial charge in [0.25, 0.3) is 5.56 Å². The van der Waals surface area contributed by atoms with Crippen molar-refractivity contribution >= 4 is 23.0 Å². The molecule has 2 aromatic rings. The first-order valence-electron chi connectivity index (χ1n) is 8.08. The molecule has 0 radical (unpaired) electrons. The number of hydrogen-bond acceptors (Lipinski definition) is 7. The highest BCUT2D eigenvalue weighted by molar-refractivity contribution is 5.91. The number of aliphatic hydroxyl groups is 3. The molecule has 0 spiro atoms. The number of H-pyrrole nitrogens is 1. The van der Waals surface area contributed by atoms with Crippen LogP contribution in [0, 0.1) is 11.8 Å². The first-order chi connectivity index (χ1) is 11.8. The number of carbonyl (C=O) groups excluding carboxylic acids is 1. The number of fused-ring (bicyclic) bond motifs is 1. The summed E-state index contributed by atoms with van der Waals surface area (Å²) in [7, 11) is 0. The van der Waals surface area contributed by atoms with Crippen LogP contribution in [-0.4, -0.2) is 59.6 Å². The second-order valence-corrected chi connectivity index (χ2v) is 6.61. The number of imidazole rings is 1. The van der Waals surface area contributed by atoms with Crippen LogP contribution in [0.5, 0.6) is 0 Å². The van der Waals surface area contributed by atoms with Crippen LogP contribution in [0.25, 0.3) is 11.2 Å². The molecule has 0 aromatic carbocycles. The summed E-state index contributed by atoms with van der Waals surface area (Å²) in [4.78, 5) is 34.7. The van der Waals surface area contributed by atoms with E-state index in [1.165, 1.54) is 10.9 Å². The van der Waals surface area contributed by atoms with Crippen LogP contribution in [0.15, 0.2) is 11.1 Å². The molecule has 1 aliphatic rings. The molecule has 2 aromatic heterocycles. The molecule has 0 bridgehead atoms. The maximum atomic E-state index is 12.2. The summed E-state index contributed by atoms with van der Waals surface area (Å²) in [5.41, 5.74) is -0.260. The first-order valence-corrected chi connectivity index (χ1v) is 8.08. The molecule has 0 aliphatic heterocycles. The third kappa shape index (κ3) is 3.03. The van der Waals surface area contributed by atoms with Gasteiger partial charge in [0.1, 0.15) is 6.10 Å². The van der Waals surface area contributed by atoms with Crippen LogP contribution in [0.1, 0.15) is 26.3 Å². The third-order valence-corrected chi connectivity index (χ3v) is 4.56. The van der Waals surface area contributed by atoms with Crippen molar-refractivity contribution in [1.29, 1.82) is 0 Å². The van der Waals surface area contributed by atoms with Crippen LogP contribution in [0.3, 0.4) is 0 Å². The minimum atomic E-state index is -1.12. The Balaban J connectivity index is 2.01. The molecule has 0 saturated heterocycles. The van der Waals surface area contributed by atoms with E-state index in [0.29, 0.717) is 6.42 Å². The van der Waals surface area contributed by atoms with Crippen molar-refractivity contribution in [2.24, 2.45) is 11.8 Å². The Hall–Kier alpha value is -2.30. The van der Waals surface area contributed by atoms with E-state index in [2.05, 4.69) is 20.3 Å². The van der Waals surface area contributed by atoms with Crippen molar-refractivity contribution in [2.75, 3.05) is 11.9 Å². The van der Waals surface area contributed by atoms with E-state index in [-0.39, 0.29) is 35.5 Å². The molecule has 10 nitrogen and oxygen atoms in total. The van der Waals surface area contributed by atoms with Gasteiger partial charge >= 0.3 is 0 Å². The minimum absolute atomic E-state index is 0.00954.